The molecule has 40 valence electrons. The molecular weight excluding hydrogens is 96.1 g/mol. The summed E-state index contributed by atoms with van der Waals surface area (Å²) < 4.78 is 0. The van der Waals surface area contributed by atoms with E-state index in [4.69, 9.17) is 0 Å². The highest BCUT2D eigenvalue weighted by atomic mass is 13.3. The molecule has 0 fully saturated rings. The van der Waals surface area contributed by atoms with Crippen LogP contribution in [0.25, 0.3) is 0 Å². The van der Waals surface area contributed by atoms with Gasteiger partial charge in [0.15, 0.2) is 0 Å². The Morgan fingerprint density at radius 3 is 1.12 bits per heavy atom. The van der Waals surface area contributed by atoms with E-state index in [2.05, 4.69) is 37.8 Å². The largest absolute Gasteiger partial charge is 0.115 e. The number of terminal acetylenes is 2. The molecule has 0 nitrogen and oxygen atoms in total. The number of allylic oxidation sites excluding steroid dienone is 2. The first-order chi connectivity index (χ1) is 3.83. The molecule has 0 unspecified atom stereocenters. The first kappa shape index (κ1) is 9.78. The Morgan fingerprint density at radius 2 is 1.12 bits per heavy atom. The monoisotopic (exact) mass is 104 g/mol. The Balaban J connectivity index is 0. The van der Waals surface area contributed by atoms with Crippen LogP contribution in [-0.4, -0.2) is 0 Å². The highest BCUT2D eigenvalue weighted by Crippen LogP contribution is 1.41. The van der Waals surface area contributed by atoms with Gasteiger partial charge in [0.1, 0.15) is 0 Å². The van der Waals surface area contributed by atoms with Crippen LogP contribution >= 0.6 is 0 Å². The van der Waals surface area contributed by atoms with E-state index < -0.39 is 0 Å². The number of hydrogen-bond donors (Lipinski definition) is 0. The average molecular weight is 104 g/mol. The number of rotatable bonds is 0. The lowest BCUT2D eigenvalue weighted by atomic mass is 10.7. The first-order valence-electron chi connectivity index (χ1n) is 1.97. The van der Waals surface area contributed by atoms with Gasteiger partial charge < -0.3 is 0 Å². The lowest BCUT2D eigenvalue weighted by Crippen LogP contribution is -1.24. The molecule has 0 radical (unpaired) electrons. The fraction of sp³-hybridized carbons (Fsp3) is 0. The Hall–Kier alpha value is -1.40. The van der Waals surface area contributed by atoms with Crippen molar-refractivity contribution in [1.82, 2.24) is 0 Å². The molecule has 0 bridgehead atoms. The Labute approximate surface area is 50.9 Å². The van der Waals surface area contributed by atoms with Crippen molar-refractivity contribution >= 4 is 0 Å². The van der Waals surface area contributed by atoms with Crippen molar-refractivity contribution in [1.29, 1.82) is 0 Å². The maximum Gasteiger partial charge on any atom is -0.0194 e. The predicted molar refractivity (Wildman–Crippen MR) is 38.1 cm³/mol. The zero-order valence-electron chi connectivity index (χ0n) is 4.72. The van der Waals surface area contributed by atoms with E-state index in [9.17, 15) is 0 Å². The maximum atomic E-state index is 4.66. The molecule has 0 N–H and O–H groups in total. The quantitative estimate of drug-likeness (QED) is 0.409. The molecule has 0 rings (SSSR count). The Bertz CT molecular complexity index is 109. The normalized spacial score (nSPS) is 3.75. The van der Waals surface area contributed by atoms with Crippen LogP contribution < -0.4 is 0 Å². The minimum absolute atomic E-state index is 1.40. The maximum absolute atomic E-state index is 4.66. The van der Waals surface area contributed by atoms with Gasteiger partial charge in [-0.3, -0.25) is 0 Å². The SMILES string of the molecule is C#CC=C.C#CC=C. The van der Waals surface area contributed by atoms with Crippen LogP contribution in [0, 0.1) is 24.7 Å². The molecule has 0 saturated carbocycles. The van der Waals surface area contributed by atoms with Gasteiger partial charge in [-0.2, -0.15) is 0 Å². The van der Waals surface area contributed by atoms with Gasteiger partial charge in [0.25, 0.3) is 0 Å². The van der Waals surface area contributed by atoms with Gasteiger partial charge >= 0.3 is 0 Å². The summed E-state index contributed by atoms with van der Waals surface area (Å²) in [5.74, 6) is 4.39. The molecule has 0 saturated heterocycles. The fourth-order valence-corrected chi connectivity index (χ4v) is 0. The topological polar surface area (TPSA) is 0 Å². The standard InChI is InChI=1S/2C4H4/c2*1-3-4-2/h2*1,4H,2H2. The van der Waals surface area contributed by atoms with Crippen molar-refractivity contribution in [3.63, 3.8) is 0 Å². The van der Waals surface area contributed by atoms with E-state index in [0.29, 0.717) is 0 Å². The summed E-state index contributed by atoms with van der Waals surface area (Å²) in [5, 5.41) is 0. The zero-order chi connectivity index (χ0) is 6.83. The van der Waals surface area contributed by atoms with Crippen molar-refractivity contribution in [3.05, 3.63) is 25.3 Å². The number of hydrogen-bond acceptors (Lipinski definition) is 0. The molecule has 0 aliphatic carbocycles. The minimum Gasteiger partial charge on any atom is -0.115 e. The van der Waals surface area contributed by atoms with E-state index in [1.54, 1.807) is 0 Å². The summed E-state index contributed by atoms with van der Waals surface area (Å²) >= 11 is 0. The molecule has 0 aliphatic heterocycles. The van der Waals surface area contributed by atoms with Crippen LogP contribution in [0.4, 0.5) is 0 Å². The van der Waals surface area contributed by atoms with Crippen molar-refractivity contribution in [2.24, 2.45) is 0 Å². The van der Waals surface area contributed by atoms with Gasteiger partial charge in [-0.1, -0.05) is 25.0 Å². The van der Waals surface area contributed by atoms with E-state index in [-0.39, 0.29) is 0 Å². The van der Waals surface area contributed by atoms with Gasteiger partial charge in [-0.05, 0) is 12.2 Å². The molecule has 0 heteroatoms. The van der Waals surface area contributed by atoms with Crippen LogP contribution in [0.2, 0.25) is 0 Å². The van der Waals surface area contributed by atoms with Crippen molar-refractivity contribution in [2.75, 3.05) is 0 Å². The van der Waals surface area contributed by atoms with Crippen LogP contribution in [-0.2, 0) is 0 Å². The summed E-state index contributed by atoms with van der Waals surface area (Å²) in [5.41, 5.74) is 0. The van der Waals surface area contributed by atoms with E-state index in [0.717, 1.165) is 0 Å². The van der Waals surface area contributed by atoms with Gasteiger partial charge in [0.05, 0.1) is 0 Å². The highest BCUT2D eigenvalue weighted by Gasteiger charge is 1.27. The molecule has 0 heterocycles. The van der Waals surface area contributed by atoms with Crippen molar-refractivity contribution in [2.45, 2.75) is 0 Å². The second kappa shape index (κ2) is 17.5. The van der Waals surface area contributed by atoms with Crippen LogP contribution in [0.1, 0.15) is 0 Å². The summed E-state index contributed by atoms with van der Waals surface area (Å²) in [6.45, 7) is 6.49. The van der Waals surface area contributed by atoms with E-state index in [1.807, 2.05) is 0 Å². The van der Waals surface area contributed by atoms with Crippen molar-refractivity contribution in [3.8, 4) is 24.7 Å². The van der Waals surface area contributed by atoms with Gasteiger partial charge in [0, 0.05) is 0 Å². The van der Waals surface area contributed by atoms with Gasteiger partial charge in [-0.15, -0.1) is 12.8 Å². The summed E-state index contributed by atoms with van der Waals surface area (Å²) in [6.07, 6.45) is 12.1. The molecule has 0 aromatic carbocycles. The molecule has 8 heavy (non-hydrogen) atoms. The molecule has 0 aromatic heterocycles. The van der Waals surface area contributed by atoms with Crippen LogP contribution in [0.15, 0.2) is 25.3 Å². The van der Waals surface area contributed by atoms with E-state index in [1.165, 1.54) is 12.2 Å². The summed E-state index contributed by atoms with van der Waals surface area (Å²) in [4.78, 5) is 0. The Kier molecular flexibility index (Phi) is 21.4. The third-order valence-corrected chi connectivity index (χ3v) is 0.236. The van der Waals surface area contributed by atoms with Gasteiger partial charge in [0.2, 0.25) is 0 Å². The zero-order valence-corrected chi connectivity index (χ0v) is 4.72. The predicted octanol–water partition coefficient (Wildman–Crippen LogP) is 1.61. The van der Waals surface area contributed by atoms with Crippen LogP contribution in [0.3, 0.4) is 0 Å². The minimum atomic E-state index is 1.40. The first-order valence-corrected chi connectivity index (χ1v) is 1.97. The molecule has 0 atom stereocenters. The lowest BCUT2D eigenvalue weighted by Gasteiger charge is -1.38. The van der Waals surface area contributed by atoms with Gasteiger partial charge in [-0.25, -0.2) is 0 Å². The fourth-order valence-electron chi connectivity index (χ4n) is 0. The molecule has 0 spiro atoms. The third kappa shape index (κ3) is 166. The lowest BCUT2D eigenvalue weighted by molar-refractivity contribution is 2.34. The summed E-state index contributed by atoms with van der Waals surface area (Å²) in [6, 6.07) is 0. The summed E-state index contributed by atoms with van der Waals surface area (Å²) in [7, 11) is 0. The molecule has 0 aliphatic rings. The smallest absolute Gasteiger partial charge is 0.0194 e. The molecule has 0 amide bonds. The second-order valence-corrected chi connectivity index (χ2v) is 0.742. The van der Waals surface area contributed by atoms with Crippen molar-refractivity contribution < 1.29 is 0 Å². The second-order valence-electron chi connectivity index (χ2n) is 0.742. The highest BCUT2D eigenvalue weighted by molar-refractivity contribution is 5.03. The third-order valence-electron chi connectivity index (χ3n) is 0.236. The molecule has 0 aromatic rings. The molecular formula is C8H8. The van der Waals surface area contributed by atoms with E-state index >= 15 is 0 Å². The van der Waals surface area contributed by atoms with Crippen LogP contribution in [0.5, 0.6) is 0 Å². The average Bonchev–Trinajstić information content (AvgIpc) is 1.88. The Morgan fingerprint density at radius 1 is 1.00 bits per heavy atom.